The molecule has 0 heterocycles. The first-order chi connectivity index (χ1) is 8.56. The molecule has 0 aliphatic heterocycles. The van der Waals surface area contributed by atoms with Gasteiger partial charge in [0.1, 0.15) is 5.75 Å². The van der Waals surface area contributed by atoms with Crippen molar-refractivity contribution >= 4 is 27.5 Å². The topological polar surface area (TPSA) is 40.5 Å². The highest BCUT2D eigenvalue weighted by molar-refractivity contribution is 9.10. The largest absolute Gasteiger partial charge is 0.508 e. The second-order valence-electron chi connectivity index (χ2n) is 4.06. The van der Waals surface area contributed by atoms with Gasteiger partial charge in [0.25, 0.3) is 0 Å². The summed E-state index contributed by atoms with van der Waals surface area (Å²) in [5, 5.41) is 20.1. The Morgan fingerprint density at radius 2 is 1.94 bits per heavy atom. The van der Waals surface area contributed by atoms with Crippen LogP contribution in [0.3, 0.4) is 0 Å². The quantitative estimate of drug-likeness (QED) is 0.891. The van der Waals surface area contributed by atoms with Gasteiger partial charge in [0, 0.05) is 10.9 Å². The summed E-state index contributed by atoms with van der Waals surface area (Å²) >= 11 is 9.23. The van der Waals surface area contributed by atoms with Crippen molar-refractivity contribution in [2.75, 3.05) is 0 Å². The van der Waals surface area contributed by atoms with E-state index in [4.69, 9.17) is 11.6 Å². The third-order valence-electron chi connectivity index (χ3n) is 2.67. The lowest BCUT2D eigenvalue weighted by molar-refractivity contribution is 0.178. The van der Waals surface area contributed by atoms with Gasteiger partial charge in [0.15, 0.2) is 0 Å². The molecule has 2 aromatic carbocycles. The van der Waals surface area contributed by atoms with E-state index >= 15 is 0 Å². The highest BCUT2D eigenvalue weighted by atomic mass is 79.9. The third-order valence-corrected chi connectivity index (χ3v) is 3.88. The molecule has 0 aliphatic rings. The average molecular weight is 328 g/mol. The van der Waals surface area contributed by atoms with Gasteiger partial charge in [0.05, 0.1) is 11.1 Å². The maximum absolute atomic E-state index is 10.1. The highest BCUT2D eigenvalue weighted by Gasteiger charge is 2.10. The summed E-state index contributed by atoms with van der Waals surface area (Å²) in [5.74, 6) is 0.206. The molecule has 94 valence electrons. The molecule has 4 heteroatoms. The van der Waals surface area contributed by atoms with Gasteiger partial charge in [-0.05, 0) is 51.3 Å². The summed E-state index contributed by atoms with van der Waals surface area (Å²) in [4.78, 5) is 0. The Morgan fingerprint density at radius 3 is 2.61 bits per heavy atom. The smallest absolute Gasteiger partial charge is 0.115 e. The molecule has 2 nitrogen and oxygen atoms in total. The van der Waals surface area contributed by atoms with E-state index < -0.39 is 6.10 Å². The van der Waals surface area contributed by atoms with Crippen LogP contribution in [0.1, 0.15) is 17.2 Å². The molecule has 0 aliphatic carbocycles. The summed E-state index contributed by atoms with van der Waals surface area (Å²) in [6.07, 6.45) is -0.178. The molecule has 0 spiro atoms. The van der Waals surface area contributed by atoms with E-state index in [1.165, 1.54) is 0 Å². The Hall–Kier alpha value is -1.03. The van der Waals surface area contributed by atoms with Gasteiger partial charge in [-0.15, -0.1) is 0 Å². The highest BCUT2D eigenvalue weighted by Crippen LogP contribution is 2.27. The fraction of sp³-hybridized carbons (Fsp3) is 0.143. The van der Waals surface area contributed by atoms with Crippen LogP contribution in [0, 0.1) is 0 Å². The molecule has 2 N–H and O–H groups in total. The zero-order chi connectivity index (χ0) is 13.1. The van der Waals surface area contributed by atoms with E-state index in [9.17, 15) is 10.2 Å². The first-order valence-corrected chi connectivity index (χ1v) is 6.64. The van der Waals surface area contributed by atoms with Gasteiger partial charge in [-0.1, -0.05) is 29.8 Å². The number of rotatable bonds is 3. The van der Waals surface area contributed by atoms with Gasteiger partial charge >= 0.3 is 0 Å². The lowest BCUT2D eigenvalue weighted by Crippen LogP contribution is -2.01. The fourth-order valence-electron chi connectivity index (χ4n) is 1.74. The minimum Gasteiger partial charge on any atom is -0.508 e. The van der Waals surface area contributed by atoms with Crippen LogP contribution in [0.25, 0.3) is 0 Å². The number of phenols is 1. The summed E-state index contributed by atoms with van der Waals surface area (Å²) in [6.45, 7) is 0. The van der Waals surface area contributed by atoms with E-state index in [1.807, 2.05) is 6.07 Å². The Balaban J connectivity index is 2.16. The van der Waals surface area contributed by atoms with Crippen molar-refractivity contribution in [3.8, 4) is 5.75 Å². The first-order valence-electron chi connectivity index (χ1n) is 5.47. The summed E-state index contributed by atoms with van der Waals surface area (Å²) < 4.78 is 0.761. The number of aromatic hydroxyl groups is 1. The lowest BCUT2D eigenvalue weighted by Gasteiger charge is -2.12. The summed E-state index contributed by atoms with van der Waals surface area (Å²) in [7, 11) is 0. The normalized spacial score (nSPS) is 12.4. The molecule has 0 aromatic heterocycles. The van der Waals surface area contributed by atoms with Crippen LogP contribution in [0.2, 0.25) is 5.02 Å². The molecule has 0 fully saturated rings. The SMILES string of the molecule is Oc1cccc(CC(O)c2ccc(Cl)c(Br)c2)c1. The number of aliphatic hydroxyl groups excluding tert-OH is 1. The van der Waals surface area contributed by atoms with Crippen LogP contribution in [0.4, 0.5) is 0 Å². The summed E-state index contributed by atoms with van der Waals surface area (Å²) in [5.41, 5.74) is 1.67. The molecule has 0 amide bonds. The molecular formula is C14H12BrClO2. The van der Waals surface area contributed by atoms with Crippen LogP contribution in [0.15, 0.2) is 46.9 Å². The van der Waals surface area contributed by atoms with Gasteiger partial charge in [0.2, 0.25) is 0 Å². The molecule has 18 heavy (non-hydrogen) atoms. The number of hydrogen-bond donors (Lipinski definition) is 2. The van der Waals surface area contributed by atoms with E-state index in [1.54, 1.807) is 36.4 Å². The second kappa shape index (κ2) is 5.74. The molecule has 0 saturated carbocycles. The van der Waals surface area contributed by atoms with Crippen molar-refractivity contribution < 1.29 is 10.2 Å². The molecule has 0 saturated heterocycles. The van der Waals surface area contributed by atoms with E-state index in [2.05, 4.69) is 15.9 Å². The standard InChI is InChI=1S/C14H12BrClO2/c15-12-8-10(4-5-13(12)16)14(18)7-9-2-1-3-11(17)6-9/h1-6,8,14,17-18H,7H2. The number of hydrogen-bond acceptors (Lipinski definition) is 2. The molecule has 2 aromatic rings. The van der Waals surface area contributed by atoms with Crippen molar-refractivity contribution in [3.63, 3.8) is 0 Å². The molecular weight excluding hydrogens is 316 g/mol. The third kappa shape index (κ3) is 3.25. The Labute approximate surface area is 119 Å². The minimum absolute atomic E-state index is 0.206. The van der Waals surface area contributed by atoms with Gasteiger partial charge in [-0.3, -0.25) is 0 Å². The number of benzene rings is 2. The minimum atomic E-state index is -0.625. The fourth-order valence-corrected chi connectivity index (χ4v) is 2.26. The monoisotopic (exact) mass is 326 g/mol. The number of aliphatic hydroxyl groups is 1. The molecule has 1 atom stereocenters. The van der Waals surface area contributed by atoms with Crippen LogP contribution in [0.5, 0.6) is 5.75 Å². The van der Waals surface area contributed by atoms with E-state index in [0.717, 1.165) is 15.6 Å². The lowest BCUT2D eigenvalue weighted by atomic mass is 10.0. The summed E-state index contributed by atoms with van der Waals surface area (Å²) in [6, 6.07) is 12.2. The van der Waals surface area contributed by atoms with Crippen molar-refractivity contribution in [3.05, 3.63) is 63.1 Å². The maximum Gasteiger partial charge on any atom is 0.115 e. The van der Waals surface area contributed by atoms with Gasteiger partial charge in [-0.2, -0.15) is 0 Å². The van der Waals surface area contributed by atoms with Crippen LogP contribution in [-0.2, 0) is 6.42 Å². The number of phenolic OH excluding ortho intramolecular Hbond substituents is 1. The van der Waals surface area contributed by atoms with E-state index in [-0.39, 0.29) is 5.75 Å². The number of halogens is 2. The zero-order valence-corrected chi connectivity index (χ0v) is 11.8. The Kier molecular flexibility index (Phi) is 4.27. The first kappa shape index (κ1) is 13.4. The van der Waals surface area contributed by atoms with Crippen molar-refractivity contribution in [1.29, 1.82) is 0 Å². The van der Waals surface area contributed by atoms with Crippen molar-refractivity contribution in [2.45, 2.75) is 12.5 Å². The predicted octanol–water partition coefficient (Wildman–Crippen LogP) is 4.08. The van der Waals surface area contributed by atoms with E-state index in [0.29, 0.717) is 11.4 Å². The van der Waals surface area contributed by atoms with Crippen molar-refractivity contribution in [1.82, 2.24) is 0 Å². The Bertz CT molecular complexity index is 557. The average Bonchev–Trinajstić information content (AvgIpc) is 2.32. The van der Waals surface area contributed by atoms with Gasteiger partial charge in [-0.25, -0.2) is 0 Å². The van der Waals surface area contributed by atoms with Gasteiger partial charge < -0.3 is 10.2 Å². The van der Waals surface area contributed by atoms with Crippen molar-refractivity contribution in [2.24, 2.45) is 0 Å². The predicted molar refractivity (Wildman–Crippen MR) is 75.9 cm³/mol. The zero-order valence-electron chi connectivity index (χ0n) is 9.48. The maximum atomic E-state index is 10.1. The molecule has 0 bridgehead atoms. The molecule has 2 rings (SSSR count). The van der Waals surface area contributed by atoms with Crippen LogP contribution in [-0.4, -0.2) is 10.2 Å². The molecule has 1 unspecified atom stereocenters. The second-order valence-corrected chi connectivity index (χ2v) is 5.32. The molecule has 0 radical (unpaired) electrons. The van der Waals surface area contributed by atoms with Crippen LogP contribution >= 0.6 is 27.5 Å². The van der Waals surface area contributed by atoms with Crippen LogP contribution < -0.4 is 0 Å². The Morgan fingerprint density at radius 1 is 1.17 bits per heavy atom.